The van der Waals surface area contributed by atoms with Crippen LogP contribution in [-0.2, 0) is 22.3 Å². The Hall–Kier alpha value is -1.33. The second-order valence-electron chi connectivity index (χ2n) is 10.8. The molecule has 2 aromatic carbocycles. The van der Waals surface area contributed by atoms with E-state index in [1.165, 1.54) is 48.8 Å². The van der Waals surface area contributed by atoms with Gasteiger partial charge in [-0.25, -0.2) is 5.01 Å². The Labute approximate surface area is 213 Å². The predicted molar refractivity (Wildman–Crippen MR) is 148 cm³/mol. The Morgan fingerprint density at radius 2 is 1.79 bits per heavy atom. The summed E-state index contributed by atoms with van der Waals surface area (Å²) in [5.74, 6) is 1.05. The van der Waals surface area contributed by atoms with Crippen LogP contribution >= 0.6 is 11.8 Å². The average Bonchev–Trinajstić information content (AvgIpc) is 3.26. The molecule has 4 heteroatoms. The first-order valence-corrected chi connectivity index (χ1v) is 14.2. The Balaban J connectivity index is 1.78. The third-order valence-electron chi connectivity index (χ3n) is 6.95. The fourth-order valence-electron chi connectivity index (χ4n) is 4.81. The van der Waals surface area contributed by atoms with Crippen molar-refractivity contribution >= 4 is 11.8 Å². The van der Waals surface area contributed by atoms with Gasteiger partial charge in [0.05, 0.1) is 6.61 Å². The molecule has 0 amide bonds. The summed E-state index contributed by atoms with van der Waals surface area (Å²) in [5.41, 5.74) is 8.46. The molecule has 2 aromatic rings. The molecule has 0 aromatic heterocycles. The summed E-state index contributed by atoms with van der Waals surface area (Å²) in [5, 5.41) is 3.00. The first-order chi connectivity index (χ1) is 16.4. The standard InChI is InChI=1S/C30H46N2OS/c1-6-7-15-28(31-32-20-11-14-27(32)22-33-5)29(34-23-25-12-9-8-10-13-25)21-24-16-18-26(19-17-24)30(2,3)4/h8-10,12-13,16-19,27-29,31H,6-7,11,14-15,20-23H2,1-5H3/t27-,28+,29-/m0/s1. The fourth-order valence-corrected chi connectivity index (χ4v) is 6.15. The quantitative estimate of drug-likeness (QED) is 0.332. The minimum atomic E-state index is 0.192. The molecule has 0 bridgehead atoms. The molecule has 3 rings (SSSR count). The normalized spacial score (nSPS) is 18.8. The Morgan fingerprint density at radius 3 is 2.44 bits per heavy atom. The summed E-state index contributed by atoms with van der Waals surface area (Å²) in [6, 6.07) is 21.2. The number of hydrogen-bond acceptors (Lipinski definition) is 4. The van der Waals surface area contributed by atoms with Crippen molar-refractivity contribution in [2.45, 2.75) is 94.7 Å². The fraction of sp³-hybridized carbons (Fsp3) is 0.600. The molecular weight excluding hydrogens is 436 g/mol. The second kappa shape index (κ2) is 13.7. The molecule has 34 heavy (non-hydrogen) atoms. The summed E-state index contributed by atoms with van der Waals surface area (Å²) in [7, 11) is 1.82. The Bertz CT molecular complexity index is 818. The van der Waals surface area contributed by atoms with E-state index in [1.807, 2.05) is 7.11 Å². The van der Waals surface area contributed by atoms with Crippen LogP contribution < -0.4 is 5.43 Å². The molecule has 1 fully saturated rings. The number of benzene rings is 2. The van der Waals surface area contributed by atoms with Crippen molar-refractivity contribution in [2.24, 2.45) is 0 Å². The van der Waals surface area contributed by atoms with E-state index in [9.17, 15) is 0 Å². The molecule has 0 aliphatic carbocycles. The third kappa shape index (κ3) is 8.41. The number of ether oxygens (including phenoxy) is 1. The van der Waals surface area contributed by atoms with Gasteiger partial charge in [0.25, 0.3) is 0 Å². The number of methoxy groups -OCH3 is 1. The van der Waals surface area contributed by atoms with Crippen LogP contribution in [0.15, 0.2) is 54.6 Å². The molecule has 0 spiro atoms. The highest BCUT2D eigenvalue weighted by Crippen LogP contribution is 2.29. The second-order valence-corrected chi connectivity index (χ2v) is 12.0. The number of rotatable bonds is 13. The van der Waals surface area contributed by atoms with Gasteiger partial charge in [0.15, 0.2) is 0 Å². The maximum Gasteiger partial charge on any atom is 0.0632 e. The van der Waals surface area contributed by atoms with Crippen molar-refractivity contribution in [1.29, 1.82) is 0 Å². The smallest absolute Gasteiger partial charge is 0.0632 e. The van der Waals surface area contributed by atoms with Crippen molar-refractivity contribution in [3.8, 4) is 0 Å². The van der Waals surface area contributed by atoms with E-state index in [4.69, 9.17) is 4.74 Å². The highest BCUT2D eigenvalue weighted by molar-refractivity contribution is 7.99. The zero-order valence-electron chi connectivity index (χ0n) is 22.1. The highest BCUT2D eigenvalue weighted by atomic mass is 32.2. The first-order valence-electron chi connectivity index (χ1n) is 13.2. The summed E-state index contributed by atoms with van der Waals surface area (Å²) in [6.07, 6.45) is 7.25. The number of hydrogen-bond donors (Lipinski definition) is 1. The van der Waals surface area contributed by atoms with Gasteiger partial charge in [-0.3, -0.25) is 5.43 Å². The van der Waals surface area contributed by atoms with Crippen LogP contribution in [0.4, 0.5) is 0 Å². The number of hydrazine groups is 1. The van der Waals surface area contributed by atoms with E-state index >= 15 is 0 Å². The number of nitrogens with one attached hydrogen (secondary N) is 1. The van der Waals surface area contributed by atoms with Gasteiger partial charge in [-0.15, -0.1) is 0 Å². The van der Waals surface area contributed by atoms with Gasteiger partial charge in [-0.05, 0) is 47.8 Å². The predicted octanol–water partition coefficient (Wildman–Crippen LogP) is 7.00. The third-order valence-corrected chi connectivity index (χ3v) is 8.37. The van der Waals surface area contributed by atoms with Crippen molar-refractivity contribution in [3.63, 3.8) is 0 Å². The molecular formula is C30H46N2OS. The summed E-state index contributed by atoms with van der Waals surface area (Å²) in [6.45, 7) is 11.1. The lowest BCUT2D eigenvalue weighted by molar-refractivity contribution is 0.0686. The molecule has 3 nitrogen and oxygen atoms in total. The summed E-state index contributed by atoms with van der Waals surface area (Å²) >= 11 is 2.12. The maximum absolute atomic E-state index is 5.53. The molecule has 1 N–H and O–H groups in total. The Kier molecular flexibility index (Phi) is 11.0. The van der Waals surface area contributed by atoms with Crippen molar-refractivity contribution < 1.29 is 4.74 Å². The van der Waals surface area contributed by atoms with E-state index in [1.54, 1.807) is 0 Å². The minimum Gasteiger partial charge on any atom is -0.383 e. The summed E-state index contributed by atoms with van der Waals surface area (Å²) in [4.78, 5) is 0. The van der Waals surface area contributed by atoms with E-state index < -0.39 is 0 Å². The number of nitrogens with zero attached hydrogens (tertiary/aromatic N) is 1. The van der Waals surface area contributed by atoms with Gasteiger partial charge in [-0.2, -0.15) is 11.8 Å². The SMILES string of the molecule is CCCC[C@@H](NN1CCC[C@H]1COC)[C@H](Cc1ccc(C(C)(C)C)cc1)SCc1ccccc1. The molecule has 1 aliphatic heterocycles. The lowest BCUT2D eigenvalue weighted by atomic mass is 9.86. The van der Waals surface area contributed by atoms with Gasteiger partial charge in [0.2, 0.25) is 0 Å². The van der Waals surface area contributed by atoms with E-state index in [0.717, 1.165) is 25.3 Å². The van der Waals surface area contributed by atoms with Crippen LogP contribution in [0.3, 0.4) is 0 Å². The van der Waals surface area contributed by atoms with Gasteiger partial charge < -0.3 is 4.74 Å². The molecule has 0 unspecified atom stereocenters. The maximum atomic E-state index is 5.53. The molecule has 1 heterocycles. The van der Waals surface area contributed by atoms with E-state index in [0.29, 0.717) is 17.3 Å². The highest BCUT2D eigenvalue weighted by Gasteiger charge is 2.30. The van der Waals surface area contributed by atoms with Crippen molar-refractivity contribution in [1.82, 2.24) is 10.4 Å². The lowest BCUT2D eigenvalue weighted by Crippen LogP contribution is -2.52. The van der Waals surface area contributed by atoms with Crippen molar-refractivity contribution in [3.05, 3.63) is 71.3 Å². The van der Waals surface area contributed by atoms with Crippen LogP contribution in [0.25, 0.3) is 0 Å². The van der Waals surface area contributed by atoms with Gasteiger partial charge in [0, 0.05) is 36.7 Å². The van der Waals surface area contributed by atoms with Crippen LogP contribution in [-0.4, -0.2) is 42.6 Å². The number of thioether (sulfide) groups is 1. The molecule has 1 aliphatic rings. The van der Waals surface area contributed by atoms with Crippen LogP contribution in [0.5, 0.6) is 0 Å². The minimum absolute atomic E-state index is 0.192. The average molecular weight is 483 g/mol. The van der Waals surface area contributed by atoms with Crippen molar-refractivity contribution in [2.75, 3.05) is 20.3 Å². The summed E-state index contributed by atoms with van der Waals surface area (Å²) < 4.78 is 5.53. The van der Waals surface area contributed by atoms with Gasteiger partial charge >= 0.3 is 0 Å². The van der Waals surface area contributed by atoms with Crippen LogP contribution in [0.2, 0.25) is 0 Å². The lowest BCUT2D eigenvalue weighted by Gasteiger charge is -2.35. The zero-order valence-corrected chi connectivity index (χ0v) is 22.9. The zero-order chi connectivity index (χ0) is 24.4. The molecule has 188 valence electrons. The van der Waals surface area contributed by atoms with E-state index in [-0.39, 0.29) is 5.41 Å². The molecule has 1 saturated heterocycles. The van der Waals surface area contributed by atoms with E-state index in [2.05, 4.69) is 104 Å². The van der Waals surface area contributed by atoms with Gasteiger partial charge in [0.1, 0.15) is 0 Å². The topological polar surface area (TPSA) is 24.5 Å². The Morgan fingerprint density at radius 1 is 1.06 bits per heavy atom. The monoisotopic (exact) mass is 482 g/mol. The molecule has 0 saturated carbocycles. The molecule has 3 atom stereocenters. The van der Waals surface area contributed by atoms with Crippen LogP contribution in [0.1, 0.15) is 76.5 Å². The first kappa shape index (κ1) is 27.3. The van der Waals surface area contributed by atoms with Crippen LogP contribution in [0, 0.1) is 0 Å². The number of unbranched alkanes of at least 4 members (excludes halogenated alkanes) is 1. The largest absolute Gasteiger partial charge is 0.383 e. The molecule has 0 radical (unpaired) electrons. The van der Waals surface area contributed by atoms with Gasteiger partial charge in [-0.1, -0.05) is 95.1 Å².